The average Bonchev–Trinajstić information content (AvgIpc) is 2.99. The molecule has 1 aromatic carbocycles. The van der Waals surface area contributed by atoms with Crippen molar-refractivity contribution in [1.82, 2.24) is 5.32 Å². The van der Waals surface area contributed by atoms with E-state index in [2.05, 4.69) is 18.3 Å². The third-order valence-corrected chi connectivity index (χ3v) is 3.22. The predicted octanol–water partition coefficient (Wildman–Crippen LogP) is 2.90. The molecule has 3 rings (SSSR count). The van der Waals surface area contributed by atoms with E-state index in [4.69, 9.17) is 13.9 Å². The van der Waals surface area contributed by atoms with Crippen LogP contribution >= 0.6 is 0 Å². The van der Waals surface area contributed by atoms with Crippen LogP contribution in [0, 0.1) is 0 Å². The van der Waals surface area contributed by atoms with E-state index >= 15 is 0 Å². The van der Waals surface area contributed by atoms with Gasteiger partial charge in [-0.05, 0) is 25.1 Å². The lowest BCUT2D eigenvalue weighted by molar-refractivity contribution is 0.169. The normalized spacial score (nSPS) is 15.2. The van der Waals surface area contributed by atoms with E-state index in [1.807, 2.05) is 24.3 Å². The summed E-state index contributed by atoms with van der Waals surface area (Å²) in [5.74, 6) is 2.62. The molecule has 4 heteroatoms. The summed E-state index contributed by atoms with van der Waals surface area (Å²) in [5, 5.41) is 3.42. The van der Waals surface area contributed by atoms with Gasteiger partial charge in [0.05, 0.1) is 12.3 Å². The molecule has 1 aliphatic rings. The lowest BCUT2D eigenvalue weighted by Gasteiger charge is -2.21. The minimum absolute atomic E-state index is 0.162. The molecular weight excluding hydrogens is 242 g/mol. The molecule has 1 aromatic heterocycles. The lowest BCUT2D eigenvalue weighted by atomic mass is 10.1. The molecule has 0 radical (unpaired) electrons. The van der Waals surface area contributed by atoms with Gasteiger partial charge in [-0.15, -0.1) is 0 Å². The maximum absolute atomic E-state index is 5.69. The third kappa shape index (κ3) is 2.58. The molecule has 0 amide bonds. The fourth-order valence-corrected chi connectivity index (χ4v) is 2.17. The molecule has 19 heavy (non-hydrogen) atoms. The number of fused-ring (bicyclic) bond motifs is 1. The van der Waals surface area contributed by atoms with Crippen LogP contribution in [0.1, 0.15) is 24.3 Å². The second kappa shape index (κ2) is 5.36. The maximum atomic E-state index is 5.69. The molecule has 1 N–H and O–H groups in total. The first-order chi connectivity index (χ1) is 9.34. The molecule has 1 atom stereocenters. The van der Waals surface area contributed by atoms with Crippen LogP contribution in [-0.4, -0.2) is 13.2 Å². The predicted molar refractivity (Wildman–Crippen MR) is 71.4 cm³/mol. The van der Waals surface area contributed by atoms with Crippen LogP contribution in [0.2, 0.25) is 0 Å². The highest BCUT2D eigenvalue weighted by Gasteiger charge is 2.16. The summed E-state index contributed by atoms with van der Waals surface area (Å²) in [4.78, 5) is 0. The van der Waals surface area contributed by atoms with Crippen molar-refractivity contribution in [1.29, 1.82) is 0 Å². The minimum Gasteiger partial charge on any atom is -0.486 e. The zero-order valence-electron chi connectivity index (χ0n) is 10.9. The van der Waals surface area contributed by atoms with Crippen molar-refractivity contribution in [3.05, 3.63) is 47.9 Å². The summed E-state index contributed by atoms with van der Waals surface area (Å²) in [6.07, 6.45) is 1.69. The molecule has 100 valence electrons. The third-order valence-electron chi connectivity index (χ3n) is 3.22. The van der Waals surface area contributed by atoms with E-state index < -0.39 is 0 Å². The molecule has 0 bridgehead atoms. The molecule has 0 fully saturated rings. The van der Waals surface area contributed by atoms with Gasteiger partial charge in [-0.3, -0.25) is 0 Å². The Balaban J connectivity index is 1.70. The summed E-state index contributed by atoms with van der Waals surface area (Å²) in [6.45, 7) is 4.02. The topological polar surface area (TPSA) is 43.6 Å². The van der Waals surface area contributed by atoms with E-state index in [1.54, 1.807) is 6.26 Å². The highest BCUT2D eigenvalue weighted by Crippen LogP contribution is 2.33. The van der Waals surface area contributed by atoms with Crippen LogP contribution < -0.4 is 14.8 Å². The van der Waals surface area contributed by atoms with Gasteiger partial charge in [0.2, 0.25) is 0 Å². The molecule has 1 aliphatic heterocycles. The van der Waals surface area contributed by atoms with Gasteiger partial charge in [-0.25, -0.2) is 0 Å². The van der Waals surface area contributed by atoms with Crippen LogP contribution in [0.5, 0.6) is 11.5 Å². The van der Waals surface area contributed by atoms with E-state index in [-0.39, 0.29) is 6.04 Å². The Morgan fingerprint density at radius 3 is 2.89 bits per heavy atom. The van der Waals surface area contributed by atoms with Crippen LogP contribution in [0.15, 0.2) is 41.0 Å². The summed E-state index contributed by atoms with van der Waals surface area (Å²) < 4.78 is 16.6. The van der Waals surface area contributed by atoms with Gasteiger partial charge < -0.3 is 19.2 Å². The van der Waals surface area contributed by atoms with E-state index in [0.29, 0.717) is 19.8 Å². The number of para-hydroxylation sites is 1. The van der Waals surface area contributed by atoms with Crippen molar-refractivity contribution in [2.45, 2.75) is 19.5 Å². The van der Waals surface area contributed by atoms with Crippen molar-refractivity contribution in [3.8, 4) is 11.5 Å². The molecule has 0 saturated carbocycles. The van der Waals surface area contributed by atoms with E-state index in [0.717, 1.165) is 22.8 Å². The molecule has 0 saturated heterocycles. The van der Waals surface area contributed by atoms with Gasteiger partial charge in [0.1, 0.15) is 19.0 Å². The number of rotatable bonds is 4. The van der Waals surface area contributed by atoms with Gasteiger partial charge in [0.15, 0.2) is 11.5 Å². The maximum Gasteiger partial charge on any atom is 0.165 e. The number of ether oxygens (including phenoxy) is 2. The first kappa shape index (κ1) is 12.1. The number of nitrogens with one attached hydrogen (secondary N) is 1. The van der Waals surface area contributed by atoms with Gasteiger partial charge in [0, 0.05) is 12.1 Å². The Morgan fingerprint density at radius 2 is 2.05 bits per heavy atom. The average molecular weight is 259 g/mol. The van der Waals surface area contributed by atoms with Crippen molar-refractivity contribution >= 4 is 0 Å². The minimum atomic E-state index is 0.162. The molecule has 2 aromatic rings. The largest absolute Gasteiger partial charge is 0.486 e. The Morgan fingerprint density at radius 1 is 1.16 bits per heavy atom. The van der Waals surface area contributed by atoms with Gasteiger partial charge in [0.25, 0.3) is 0 Å². The lowest BCUT2D eigenvalue weighted by Crippen LogP contribution is -2.21. The fraction of sp³-hybridized carbons (Fsp3) is 0.333. The zero-order valence-corrected chi connectivity index (χ0v) is 10.9. The standard InChI is InChI=1S/C15H17NO3/c1-11(13-6-3-7-17-13)16-10-12-4-2-5-14-15(12)19-9-8-18-14/h2-7,11,16H,8-10H2,1H3. The summed E-state index contributed by atoms with van der Waals surface area (Å²) >= 11 is 0. The van der Waals surface area contributed by atoms with Crippen molar-refractivity contribution < 1.29 is 13.9 Å². The van der Waals surface area contributed by atoms with Crippen molar-refractivity contribution in [3.63, 3.8) is 0 Å². The Hall–Kier alpha value is -1.94. The molecule has 0 spiro atoms. The second-order valence-electron chi connectivity index (χ2n) is 4.56. The quantitative estimate of drug-likeness (QED) is 0.917. The first-order valence-electron chi connectivity index (χ1n) is 6.49. The summed E-state index contributed by atoms with van der Waals surface area (Å²) in [5.41, 5.74) is 1.11. The fourth-order valence-electron chi connectivity index (χ4n) is 2.17. The Labute approximate surface area is 112 Å². The molecule has 0 aliphatic carbocycles. The smallest absolute Gasteiger partial charge is 0.165 e. The van der Waals surface area contributed by atoms with Crippen molar-refractivity contribution in [2.75, 3.05) is 13.2 Å². The highest BCUT2D eigenvalue weighted by molar-refractivity contribution is 5.47. The monoisotopic (exact) mass is 259 g/mol. The van der Waals surface area contributed by atoms with E-state index in [1.165, 1.54) is 0 Å². The first-order valence-corrected chi connectivity index (χ1v) is 6.49. The van der Waals surface area contributed by atoms with Crippen LogP contribution in [-0.2, 0) is 6.54 Å². The molecular formula is C15H17NO3. The highest BCUT2D eigenvalue weighted by atomic mass is 16.6. The summed E-state index contributed by atoms with van der Waals surface area (Å²) in [6, 6.07) is 10.0. The summed E-state index contributed by atoms with van der Waals surface area (Å²) in [7, 11) is 0. The van der Waals surface area contributed by atoms with Crippen molar-refractivity contribution in [2.24, 2.45) is 0 Å². The van der Waals surface area contributed by atoms with Crippen LogP contribution in [0.4, 0.5) is 0 Å². The van der Waals surface area contributed by atoms with Gasteiger partial charge in [-0.2, -0.15) is 0 Å². The van der Waals surface area contributed by atoms with Crippen LogP contribution in [0.25, 0.3) is 0 Å². The number of hydrogen-bond acceptors (Lipinski definition) is 4. The number of furan rings is 1. The SMILES string of the molecule is CC(NCc1cccc2c1OCCO2)c1ccco1. The van der Waals surface area contributed by atoms with Gasteiger partial charge >= 0.3 is 0 Å². The number of benzene rings is 1. The second-order valence-corrected chi connectivity index (χ2v) is 4.56. The van der Waals surface area contributed by atoms with Gasteiger partial charge in [-0.1, -0.05) is 12.1 Å². The Bertz CT molecular complexity index is 536. The zero-order chi connectivity index (χ0) is 13.1. The molecule has 1 unspecified atom stereocenters. The molecule has 2 heterocycles. The number of hydrogen-bond donors (Lipinski definition) is 1. The molecule has 4 nitrogen and oxygen atoms in total. The Kier molecular flexibility index (Phi) is 3.42. The van der Waals surface area contributed by atoms with Crippen LogP contribution in [0.3, 0.4) is 0 Å². The van der Waals surface area contributed by atoms with E-state index in [9.17, 15) is 0 Å².